The molecule has 0 aliphatic carbocycles. The van der Waals surface area contributed by atoms with Gasteiger partial charge in [0.1, 0.15) is 5.75 Å². The molecule has 0 saturated heterocycles. The number of rotatable bonds is 7. The van der Waals surface area contributed by atoms with Crippen LogP contribution in [0.2, 0.25) is 0 Å². The van der Waals surface area contributed by atoms with Crippen molar-refractivity contribution in [1.82, 2.24) is 5.32 Å². The lowest BCUT2D eigenvalue weighted by Crippen LogP contribution is -2.36. The van der Waals surface area contributed by atoms with Crippen molar-refractivity contribution in [3.63, 3.8) is 0 Å². The number of halogens is 2. The summed E-state index contributed by atoms with van der Waals surface area (Å²) in [6, 6.07) is 4.00. The van der Waals surface area contributed by atoms with Gasteiger partial charge in [0.2, 0.25) is 0 Å². The lowest BCUT2D eigenvalue weighted by molar-refractivity contribution is 0.0555. The fourth-order valence-corrected chi connectivity index (χ4v) is 3.07. The van der Waals surface area contributed by atoms with E-state index < -0.39 is 5.60 Å². The number of ether oxygens (including phenoxy) is 1. The van der Waals surface area contributed by atoms with Crippen LogP contribution in [-0.4, -0.2) is 23.9 Å². The van der Waals surface area contributed by atoms with Gasteiger partial charge in [0, 0.05) is 23.1 Å². The van der Waals surface area contributed by atoms with E-state index in [1.165, 1.54) is 0 Å². The highest BCUT2D eigenvalue weighted by molar-refractivity contribution is 9.11. The predicted molar refractivity (Wildman–Crippen MR) is 85.6 cm³/mol. The second-order valence-electron chi connectivity index (χ2n) is 4.76. The third-order valence-corrected chi connectivity index (χ3v) is 4.00. The standard InChI is InChI=1S/C14H21Br2NO2/c1-4-14(3,18)9-17-8-10-6-11(15)7-12(16)13(10)19-5-2/h6-7,17-18H,4-5,8-9H2,1-3H3. The van der Waals surface area contributed by atoms with Gasteiger partial charge in [-0.2, -0.15) is 0 Å². The molecule has 3 nitrogen and oxygen atoms in total. The lowest BCUT2D eigenvalue weighted by Gasteiger charge is -2.22. The van der Waals surface area contributed by atoms with Gasteiger partial charge in [0.25, 0.3) is 0 Å². The molecule has 0 saturated carbocycles. The van der Waals surface area contributed by atoms with E-state index in [4.69, 9.17) is 4.74 Å². The molecule has 0 heterocycles. The van der Waals surface area contributed by atoms with Gasteiger partial charge in [-0.25, -0.2) is 0 Å². The second-order valence-corrected chi connectivity index (χ2v) is 6.53. The second kappa shape index (κ2) is 7.62. The molecule has 0 spiro atoms. The van der Waals surface area contributed by atoms with Crippen LogP contribution in [0.1, 0.15) is 32.8 Å². The van der Waals surface area contributed by atoms with Gasteiger partial charge in [-0.05, 0) is 48.3 Å². The van der Waals surface area contributed by atoms with E-state index in [1.807, 2.05) is 32.9 Å². The number of hydrogen-bond acceptors (Lipinski definition) is 3. The molecule has 2 N–H and O–H groups in total. The molecule has 0 amide bonds. The quantitative estimate of drug-likeness (QED) is 0.737. The van der Waals surface area contributed by atoms with Gasteiger partial charge in [-0.1, -0.05) is 22.9 Å². The van der Waals surface area contributed by atoms with E-state index >= 15 is 0 Å². The predicted octanol–water partition coefficient (Wildman–Crippen LogP) is 3.86. The fraction of sp³-hybridized carbons (Fsp3) is 0.571. The summed E-state index contributed by atoms with van der Waals surface area (Å²) in [4.78, 5) is 0. The normalized spacial score (nSPS) is 14.2. The van der Waals surface area contributed by atoms with Crippen molar-refractivity contribution < 1.29 is 9.84 Å². The summed E-state index contributed by atoms with van der Waals surface area (Å²) in [5, 5.41) is 13.2. The van der Waals surface area contributed by atoms with Crippen LogP contribution in [0.15, 0.2) is 21.1 Å². The van der Waals surface area contributed by atoms with Crippen molar-refractivity contribution in [3.05, 3.63) is 26.6 Å². The molecule has 108 valence electrons. The average molecular weight is 395 g/mol. The number of nitrogens with one attached hydrogen (secondary N) is 1. The Bertz CT molecular complexity index is 422. The number of benzene rings is 1. The first-order chi connectivity index (χ1) is 8.89. The van der Waals surface area contributed by atoms with Gasteiger partial charge in [0.05, 0.1) is 16.7 Å². The Kier molecular flexibility index (Phi) is 6.80. The molecule has 1 atom stereocenters. The summed E-state index contributed by atoms with van der Waals surface area (Å²) in [6.07, 6.45) is 0.723. The van der Waals surface area contributed by atoms with E-state index in [9.17, 15) is 5.11 Å². The van der Waals surface area contributed by atoms with Gasteiger partial charge in [0.15, 0.2) is 0 Å². The molecule has 0 aromatic heterocycles. The number of aliphatic hydroxyl groups is 1. The molecular formula is C14H21Br2NO2. The third-order valence-electron chi connectivity index (χ3n) is 2.96. The Morgan fingerprint density at radius 2 is 2.00 bits per heavy atom. The molecule has 5 heteroatoms. The van der Waals surface area contributed by atoms with Crippen molar-refractivity contribution in [1.29, 1.82) is 0 Å². The van der Waals surface area contributed by atoms with Crippen LogP contribution >= 0.6 is 31.9 Å². The first-order valence-corrected chi connectivity index (χ1v) is 8.02. The zero-order valence-electron chi connectivity index (χ0n) is 11.6. The summed E-state index contributed by atoms with van der Waals surface area (Å²) in [6.45, 7) is 7.61. The maximum atomic E-state index is 9.97. The third kappa shape index (κ3) is 5.42. The maximum Gasteiger partial charge on any atom is 0.138 e. The Hall–Kier alpha value is -0.100. The van der Waals surface area contributed by atoms with Crippen molar-refractivity contribution in [2.24, 2.45) is 0 Å². The van der Waals surface area contributed by atoms with E-state index in [0.717, 1.165) is 26.7 Å². The molecule has 1 unspecified atom stereocenters. The average Bonchev–Trinajstić information content (AvgIpc) is 2.33. The van der Waals surface area contributed by atoms with Crippen LogP contribution in [-0.2, 0) is 6.54 Å². The van der Waals surface area contributed by atoms with Crippen molar-refractivity contribution in [2.75, 3.05) is 13.2 Å². The minimum absolute atomic E-state index is 0.555. The first-order valence-electron chi connectivity index (χ1n) is 6.43. The van der Waals surface area contributed by atoms with Crippen LogP contribution < -0.4 is 10.1 Å². The molecule has 0 radical (unpaired) electrons. The fourth-order valence-electron chi connectivity index (χ4n) is 1.64. The minimum atomic E-state index is -0.672. The molecule has 0 bridgehead atoms. The van der Waals surface area contributed by atoms with Crippen LogP contribution in [0.5, 0.6) is 5.75 Å². The monoisotopic (exact) mass is 393 g/mol. The maximum absolute atomic E-state index is 9.97. The Balaban J connectivity index is 2.76. The Labute approximate surface area is 132 Å². The molecule has 0 aliphatic heterocycles. The molecule has 1 rings (SSSR count). The van der Waals surface area contributed by atoms with Gasteiger partial charge in [-0.15, -0.1) is 0 Å². The molecule has 0 fully saturated rings. The molecule has 1 aromatic carbocycles. The summed E-state index contributed by atoms with van der Waals surface area (Å²) < 4.78 is 7.60. The lowest BCUT2D eigenvalue weighted by atomic mass is 10.0. The van der Waals surface area contributed by atoms with Gasteiger partial charge >= 0.3 is 0 Å². The topological polar surface area (TPSA) is 41.5 Å². The SMILES string of the molecule is CCOc1c(Br)cc(Br)cc1CNCC(C)(O)CC. The highest BCUT2D eigenvalue weighted by atomic mass is 79.9. The van der Waals surface area contributed by atoms with E-state index in [1.54, 1.807) is 0 Å². The first kappa shape index (κ1) is 17.0. The summed E-state index contributed by atoms with van der Waals surface area (Å²) in [5.41, 5.74) is 0.393. The Morgan fingerprint density at radius 1 is 1.32 bits per heavy atom. The van der Waals surface area contributed by atoms with Crippen LogP contribution in [0.3, 0.4) is 0 Å². The highest BCUT2D eigenvalue weighted by Crippen LogP contribution is 2.33. The molecule has 1 aromatic rings. The van der Waals surface area contributed by atoms with Crippen molar-refractivity contribution in [3.8, 4) is 5.75 Å². The molecular weight excluding hydrogens is 374 g/mol. The van der Waals surface area contributed by atoms with E-state index in [0.29, 0.717) is 19.7 Å². The highest BCUT2D eigenvalue weighted by Gasteiger charge is 2.17. The van der Waals surface area contributed by atoms with Crippen LogP contribution in [0.25, 0.3) is 0 Å². The molecule has 19 heavy (non-hydrogen) atoms. The Morgan fingerprint density at radius 3 is 2.58 bits per heavy atom. The van der Waals surface area contributed by atoms with Gasteiger partial charge in [-0.3, -0.25) is 0 Å². The zero-order valence-corrected chi connectivity index (χ0v) is 14.8. The van der Waals surface area contributed by atoms with Gasteiger partial charge < -0.3 is 15.2 Å². The minimum Gasteiger partial charge on any atom is -0.492 e. The van der Waals surface area contributed by atoms with E-state index in [2.05, 4.69) is 37.2 Å². The summed E-state index contributed by atoms with van der Waals surface area (Å²) in [7, 11) is 0. The summed E-state index contributed by atoms with van der Waals surface area (Å²) >= 11 is 6.99. The summed E-state index contributed by atoms with van der Waals surface area (Å²) in [5.74, 6) is 0.856. The largest absolute Gasteiger partial charge is 0.492 e. The van der Waals surface area contributed by atoms with Crippen LogP contribution in [0.4, 0.5) is 0 Å². The smallest absolute Gasteiger partial charge is 0.138 e. The van der Waals surface area contributed by atoms with E-state index in [-0.39, 0.29) is 0 Å². The van der Waals surface area contributed by atoms with Crippen molar-refractivity contribution in [2.45, 2.75) is 39.3 Å². The number of hydrogen-bond donors (Lipinski definition) is 2. The van der Waals surface area contributed by atoms with Crippen LogP contribution in [0, 0.1) is 0 Å². The van der Waals surface area contributed by atoms with Crippen molar-refractivity contribution >= 4 is 31.9 Å². The zero-order chi connectivity index (χ0) is 14.5. The molecule has 0 aliphatic rings.